The summed E-state index contributed by atoms with van der Waals surface area (Å²) >= 11 is 0. The van der Waals surface area contributed by atoms with E-state index in [2.05, 4.69) is 6.92 Å². The highest BCUT2D eigenvalue weighted by atomic mass is 16.5. The van der Waals surface area contributed by atoms with Gasteiger partial charge in [0.05, 0.1) is 18.9 Å². The molecular weight excluding hydrogens is 190 g/mol. The molecule has 0 saturated carbocycles. The van der Waals surface area contributed by atoms with Crippen molar-refractivity contribution in [2.75, 3.05) is 12.8 Å². The van der Waals surface area contributed by atoms with Crippen molar-refractivity contribution >= 4 is 5.69 Å². The molecule has 2 N–H and O–H groups in total. The van der Waals surface area contributed by atoms with Crippen LogP contribution in [0.5, 0.6) is 11.5 Å². The maximum Gasteiger partial charge on any atom is 0.142 e. The van der Waals surface area contributed by atoms with Crippen molar-refractivity contribution in [2.24, 2.45) is 0 Å². The van der Waals surface area contributed by atoms with Gasteiger partial charge in [-0.15, -0.1) is 0 Å². The van der Waals surface area contributed by atoms with E-state index in [-0.39, 0.29) is 6.10 Å². The van der Waals surface area contributed by atoms with Crippen LogP contribution in [-0.4, -0.2) is 13.2 Å². The number of hydrogen-bond donors (Lipinski definition) is 1. The molecule has 0 bridgehead atoms. The number of rotatable bonds is 5. The Hall–Kier alpha value is -1.38. The van der Waals surface area contributed by atoms with Gasteiger partial charge in [-0.1, -0.05) is 13.3 Å². The van der Waals surface area contributed by atoms with Gasteiger partial charge in [0.15, 0.2) is 0 Å². The molecule has 3 nitrogen and oxygen atoms in total. The zero-order chi connectivity index (χ0) is 11.3. The van der Waals surface area contributed by atoms with Crippen LogP contribution in [0.2, 0.25) is 0 Å². The van der Waals surface area contributed by atoms with Crippen LogP contribution in [0, 0.1) is 0 Å². The second kappa shape index (κ2) is 5.49. The molecule has 0 spiro atoms. The van der Waals surface area contributed by atoms with Crippen molar-refractivity contribution in [2.45, 2.75) is 32.8 Å². The highest BCUT2D eigenvalue weighted by Crippen LogP contribution is 2.27. The lowest BCUT2D eigenvalue weighted by Gasteiger charge is -2.15. The number of nitrogen functional groups attached to an aromatic ring is 1. The Morgan fingerprint density at radius 2 is 2.13 bits per heavy atom. The number of anilines is 1. The van der Waals surface area contributed by atoms with Crippen molar-refractivity contribution in [3.8, 4) is 11.5 Å². The van der Waals surface area contributed by atoms with Gasteiger partial charge in [-0.2, -0.15) is 0 Å². The molecule has 0 fully saturated rings. The van der Waals surface area contributed by atoms with Crippen LogP contribution >= 0.6 is 0 Å². The minimum Gasteiger partial charge on any atom is -0.497 e. The molecule has 1 rings (SSSR count). The number of benzene rings is 1. The quantitative estimate of drug-likeness (QED) is 0.758. The highest BCUT2D eigenvalue weighted by molar-refractivity contribution is 5.56. The van der Waals surface area contributed by atoms with E-state index in [4.69, 9.17) is 15.2 Å². The van der Waals surface area contributed by atoms with Gasteiger partial charge in [0, 0.05) is 6.07 Å². The van der Waals surface area contributed by atoms with Crippen LogP contribution in [0.3, 0.4) is 0 Å². The minimum absolute atomic E-state index is 0.200. The van der Waals surface area contributed by atoms with Gasteiger partial charge in [0.1, 0.15) is 11.5 Å². The number of nitrogens with two attached hydrogens (primary N) is 1. The molecule has 0 aliphatic carbocycles. The second-order valence-electron chi connectivity index (χ2n) is 3.62. The van der Waals surface area contributed by atoms with Gasteiger partial charge in [0.2, 0.25) is 0 Å². The predicted molar refractivity (Wildman–Crippen MR) is 62.4 cm³/mol. The summed E-state index contributed by atoms with van der Waals surface area (Å²) in [5.41, 5.74) is 6.46. The van der Waals surface area contributed by atoms with Crippen molar-refractivity contribution in [1.82, 2.24) is 0 Å². The molecule has 1 aromatic rings. The Bertz CT molecular complexity index is 312. The first kappa shape index (κ1) is 11.7. The van der Waals surface area contributed by atoms with Gasteiger partial charge < -0.3 is 15.2 Å². The largest absolute Gasteiger partial charge is 0.497 e. The number of methoxy groups -OCH3 is 1. The average Bonchev–Trinajstić information content (AvgIpc) is 2.21. The lowest BCUT2D eigenvalue weighted by molar-refractivity contribution is 0.211. The summed E-state index contributed by atoms with van der Waals surface area (Å²) in [7, 11) is 1.62. The highest BCUT2D eigenvalue weighted by Gasteiger charge is 2.06. The van der Waals surface area contributed by atoms with Crippen LogP contribution in [0.25, 0.3) is 0 Å². The first-order valence-electron chi connectivity index (χ1n) is 5.27. The third kappa shape index (κ3) is 3.35. The summed E-state index contributed by atoms with van der Waals surface area (Å²) in [5.74, 6) is 1.49. The normalized spacial score (nSPS) is 12.2. The Morgan fingerprint density at radius 3 is 2.67 bits per heavy atom. The van der Waals surface area contributed by atoms with E-state index < -0.39 is 0 Å². The van der Waals surface area contributed by atoms with E-state index in [1.807, 2.05) is 19.1 Å². The molecule has 0 heterocycles. The van der Waals surface area contributed by atoms with Crippen LogP contribution in [0.15, 0.2) is 18.2 Å². The third-order valence-corrected chi connectivity index (χ3v) is 2.24. The Kier molecular flexibility index (Phi) is 4.28. The second-order valence-corrected chi connectivity index (χ2v) is 3.62. The molecule has 0 aliphatic heterocycles. The lowest BCUT2D eigenvalue weighted by atomic mass is 10.2. The molecule has 0 aliphatic rings. The Morgan fingerprint density at radius 1 is 1.40 bits per heavy atom. The number of hydrogen-bond acceptors (Lipinski definition) is 3. The predicted octanol–water partition coefficient (Wildman–Crippen LogP) is 2.84. The standard InChI is InChI=1S/C12H19NO2/c1-4-5-9(2)15-12-7-6-10(14-3)8-11(12)13/h6-9H,4-5,13H2,1-3H3. The van der Waals surface area contributed by atoms with Crippen molar-refractivity contribution in [3.05, 3.63) is 18.2 Å². The van der Waals surface area contributed by atoms with Gasteiger partial charge in [-0.3, -0.25) is 0 Å². The fourth-order valence-electron chi connectivity index (χ4n) is 1.44. The van der Waals surface area contributed by atoms with E-state index in [0.29, 0.717) is 5.69 Å². The van der Waals surface area contributed by atoms with Crippen LogP contribution in [0.4, 0.5) is 5.69 Å². The smallest absolute Gasteiger partial charge is 0.142 e. The van der Waals surface area contributed by atoms with Crippen molar-refractivity contribution < 1.29 is 9.47 Å². The summed E-state index contributed by atoms with van der Waals surface area (Å²) in [6, 6.07) is 5.47. The molecule has 3 heteroatoms. The van der Waals surface area contributed by atoms with E-state index in [9.17, 15) is 0 Å². The molecule has 0 radical (unpaired) electrons. The molecule has 1 aromatic carbocycles. The SMILES string of the molecule is CCCC(C)Oc1ccc(OC)cc1N. The first-order chi connectivity index (χ1) is 7.17. The van der Waals surface area contributed by atoms with E-state index >= 15 is 0 Å². The molecule has 0 amide bonds. The van der Waals surface area contributed by atoms with Gasteiger partial charge in [-0.25, -0.2) is 0 Å². The van der Waals surface area contributed by atoms with Crippen molar-refractivity contribution in [3.63, 3.8) is 0 Å². The zero-order valence-electron chi connectivity index (χ0n) is 9.62. The molecule has 1 unspecified atom stereocenters. The Balaban J connectivity index is 2.69. The summed E-state index contributed by atoms with van der Waals surface area (Å²) in [6.07, 6.45) is 2.34. The maximum atomic E-state index is 5.84. The molecule has 0 saturated heterocycles. The molecule has 15 heavy (non-hydrogen) atoms. The summed E-state index contributed by atoms with van der Waals surface area (Å²) < 4.78 is 10.8. The molecule has 1 atom stereocenters. The maximum absolute atomic E-state index is 5.84. The van der Waals surface area contributed by atoms with Crippen LogP contribution in [0.1, 0.15) is 26.7 Å². The van der Waals surface area contributed by atoms with Gasteiger partial charge in [0.25, 0.3) is 0 Å². The number of ether oxygens (including phenoxy) is 2. The summed E-state index contributed by atoms with van der Waals surface area (Å²) in [5, 5.41) is 0. The van der Waals surface area contributed by atoms with Crippen LogP contribution in [-0.2, 0) is 0 Å². The summed E-state index contributed by atoms with van der Waals surface area (Å²) in [4.78, 5) is 0. The van der Waals surface area contributed by atoms with Gasteiger partial charge >= 0.3 is 0 Å². The zero-order valence-corrected chi connectivity index (χ0v) is 9.62. The fraction of sp³-hybridized carbons (Fsp3) is 0.500. The first-order valence-corrected chi connectivity index (χ1v) is 5.27. The van der Waals surface area contributed by atoms with E-state index in [1.165, 1.54) is 0 Å². The molecular formula is C12H19NO2. The third-order valence-electron chi connectivity index (χ3n) is 2.24. The average molecular weight is 209 g/mol. The summed E-state index contributed by atoms with van der Waals surface area (Å²) in [6.45, 7) is 4.18. The topological polar surface area (TPSA) is 44.5 Å². The fourth-order valence-corrected chi connectivity index (χ4v) is 1.44. The monoisotopic (exact) mass is 209 g/mol. The lowest BCUT2D eigenvalue weighted by Crippen LogP contribution is -2.12. The van der Waals surface area contributed by atoms with E-state index in [0.717, 1.165) is 24.3 Å². The van der Waals surface area contributed by atoms with E-state index in [1.54, 1.807) is 13.2 Å². The van der Waals surface area contributed by atoms with Gasteiger partial charge in [-0.05, 0) is 25.5 Å². The molecule has 84 valence electrons. The molecule has 0 aromatic heterocycles. The van der Waals surface area contributed by atoms with Crippen LogP contribution < -0.4 is 15.2 Å². The Labute approximate surface area is 91.2 Å². The van der Waals surface area contributed by atoms with Crippen molar-refractivity contribution in [1.29, 1.82) is 0 Å². The minimum atomic E-state index is 0.200.